The van der Waals surface area contributed by atoms with E-state index in [1.807, 2.05) is 73.7 Å². The lowest BCUT2D eigenvalue weighted by molar-refractivity contribution is -0.141. The zero-order chi connectivity index (χ0) is 27.7. The summed E-state index contributed by atoms with van der Waals surface area (Å²) in [5.74, 6) is 3.94. The van der Waals surface area contributed by atoms with Crippen molar-refractivity contribution in [2.75, 3.05) is 42.8 Å². The number of aliphatic carboxylic acids is 1. The van der Waals surface area contributed by atoms with Crippen molar-refractivity contribution in [3.63, 3.8) is 0 Å². The first-order chi connectivity index (χ1) is 18.0. The Hall–Kier alpha value is -3.40. The number of rotatable bonds is 7. The lowest BCUT2D eigenvalue weighted by Crippen LogP contribution is -2.30. The molecule has 4 rings (SSSR count). The van der Waals surface area contributed by atoms with Gasteiger partial charge >= 0.3 is 5.97 Å². The minimum atomic E-state index is -1.32. The predicted octanol–water partition coefficient (Wildman–Crippen LogP) is 4.02. The summed E-state index contributed by atoms with van der Waals surface area (Å²) in [5, 5.41) is 11.5. The van der Waals surface area contributed by atoms with E-state index in [2.05, 4.69) is 11.0 Å². The highest BCUT2D eigenvalue weighted by Gasteiger charge is 2.30. The number of nitrogens with two attached hydrogens (primary N) is 2. The summed E-state index contributed by atoms with van der Waals surface area (Å²) < 4.78 is 15.6. The van der Waals surface area contributed by atoms with Crippen molar-refractivity contribution in [2.24, 2.45) is 11.8 Å². The van der Waals surface area contributed by atoms with Gasteiger partial charge in [-0.1, -0.05) is 43.3 Å². The maximum Gasteiger partial charge on any atom is 0.307 e. The van der Waals surface area contributed by atoms with E-state index in [0.29, 0.717) is 24.5 Å². The fourth-order valence-corrected chi connectivity index (χ4v) is 6.54. The average molecular weight is 536 g/mol. The van der Waals surface area contributed by atoms with E-state index in [1.165, 1.54) is 5.01 Å². The first-order valence-corrected chi connectivity index (χ1v) is 13.8. The molecule has 5 N–H and O–H groups in total. The smallest absolute Gasteiger partial charge is 0.307 e. The number of nitrogen functional groups attached to an aromatic ring is 1. The molecular formula is C29H37N5O3S. The molecule has 0 saturated heterocycles. The van der Waals surface area contributed by atoms with E-state index in [-0.39, 0.29) is 0 Å². The Bertz CT molecular complexity index is 1380. The van der Waals surface area contributed by atoms with Crippen molar-refractivity contribution >= 4 is 34.0 Å². The molecular weight excluding hydrogens is 498 g/mol. The summed E-state index contributed by atoms with van der Waals surface area (Å²) >= 11 is 0. The second-order valence-electron chi connectivity index (χ2n) is 10.1. The van der Waals surface area contributed by atoms with Crippen LogP contribution in [0.4, 0.5) is 17.1 Å². The molecule has 1 aliphatic rings. The molecule has 1 heterocycles. The Balaban J connectivity index is 1.75. The van der Waals surface area contributed by atoms with Crippen LogP contribution in [0.2, 0.25) is 0 Å². The van der Waals surface area contributed by atoms with E-state index >= 15 is 0 Å². The quantitative estimate of drug-likeness (QED) is 0.238. The molecule has 0 bridgehead atoms. The van der Waals surface area contributed by atoms with Crippen molar-refractivity contribution < 1.29 is 14.1 Å². The lowest BCUT2D eigenvalue weighted by atomic mass is 9.78. The van der Waals surface area contributed by atoms with Gasteiger partial charge in [-0.3, -0.25) is 4.79 Å². The van der Waals surface area contributed by atoms with Crippen LogP contribution in [0.15, 0.2) is 59.5 Å². The Labute approximate surface area is 227 Å². The maximum absolute atomic E-state index is 13.6. The van der Waals surface area contributed by atoms with Crippen LogP contribution < -0.4 is 21.5 Å². The number of nitrogens with zero attached hydrogens (tertiary/aromatic N) is 3. The molecule has 9 heteroatoms. The number of para-hydroxylation sites is 1. The van der Waals surface area contributed by atoms with E-state index in [1.54, 1.807) is 14.0 Å². The van der Waals surface area contributed by atoms with E-state index in [9.17, 15) is 14.1 Å². The summed E-state index contributed by atoms with van der Waals surface area (Å²) in [7, 11) is 2.42. The molecule has 0 fully saturated rings. The number of carboxylic acid groups (broad SMARTS) is 1. The number of hydrogen-bond acceptors (Lipinski definition) is 6. The normalized spacial score (nSPS) is 17.4. The zero-order valence-corrected chi connectivity index (χ0v) is 23.5. The summed E-state index contributed by atoms with van der Waals surface area (Å²) in [5.41, 5.74) is 13.3. The molecule has 0 radical (unpaired) electrons. The van der Waals surface area contributed by atoms with Crippen molar-refractivity contribution in [1.82, 2.24) is 4.31 Å². The van der Waals surface area contributed by atoms with Crippen LogP contribution in [0.5, 0.6) is 0 Å². The molecule has 0 spiro atoms. The van der Waals surface area contributed by atoms with E-state index in [4.69, 9.17) is 11.6 Å². The minimum Gasteiger partial charge on any atom is -0.481 e. The maximum atomic E-state index is 13.6. The molecule has 0 saturated carbocycles. The Morgan fingerprint density at radius 1 is 1.13 bits per heavy atom. The third kappa shape index (κ3) is 5.27. The molecule has 1 aliphatic heterocycles. The van der Waals surface area contributed by atoms with Crippen molar-refractivity contribution in [3.05, 3.63) is 82.4 Å². The van der Waals surface area contributed by atoms with Gasteiger partial charge in [-0.05, 0) is 59.9 Å². The number of likely N-dealkylation sites (N-methyl/N-ethyl adjacent to an activating group) is 1. The lowest BCUT2D eigenvalue weighted by Gasteiger charge is -2.28. The SMILES string of the molecule is Cc1ccc(C(c2ccc(N(C)N)c(N)c2C)C(C)C(=O)O)cc1CN1CCN(C)c2ccccc2S1=O. The average Bonchev–Trinajstić information content (AvgIpc) is 3.00. The highest BCUT2D eigenvalue weighted by atomic mass is 32.2. The monoisotopic (exact) mass is 535 g/mol. The number of benzene rings is 3. The highest BCUT2D eigenvalue weighted by molar-refractivity contribution is 7.82. The number of fused-ring (bicyclic) bond motifs is 1. The molecule has 38 heavy (non-hydrogen) atoms. The van der Waals surface area contributed by atoms with Crippen molar-refractivity contribution in [2.45, 2.75) is 38.1 Å². The van der Waals surface area contributed by atoms with Crippen LogP contribution >= 0.6 is 0 Å². The summed E-state index contributed by atoms with van der Waals surface area (Å²) in [6, 6.07) is 17.6. The third-order valence-corrected chi connectivity index (χ3v) is 9.10. The topological polar surface area (TPSA) is 116 Å². The number of carboxylic acids is 1. The number of hydrogen-bond donors (Lipinski definition) is 3. The van der Waals surface area contributed by atoms with Gasteiger partial charge in [-0.2, -0.15) is 0 Å². The molecule has 0 amide bonds. The molecule has 3 aromatic carbocycles. The van der Waals surface area contributed by atoms with Crippen molar-refractivity contribution in [3.8, 4) is 0 Å². The second kappa shape index (κ2) is 11.1. The number of carbonyl (C=O) groups is 1. The van der Waals surface area contributed by atoms with Crippen LogP contribution in [0.1, 0.15) is 40.7 Å². The van der Waals surface area contributed by atoms with Crippen LogP contribution in [0.25, 0.3) is 0 Å². The Morgan fingerprint density at radius 2 is 1.84 bits per heavy atom. The first kappa shape index (κ1) is 27.6. The molecule has 3 unspecified atom stereocenters. The van der Waals surface area contributed by atoms with Crippen LogP contribution in [0, 0.1) is 19.8 Å². The van der Waals surface area contributed by atoms with E-state index < -0.39 is 28.8 Å². The Kier molecular flexibility index (Phi) is 8.10. The fourth-order valence-electron chi connectivity index (χ4n) is 5.16. The number of aryl methyl sites for hydroxylation is 1. The predicted molar refractivity (Wildman–Crippen MR) is 155 cm³/mol. The van der Waals surface area contributed by atoms with Gasteiger partial charge in [-0.25, -0.2) is 14.4 Å². The van der Waals surface area contributed by atoms with Gasteiger partial charge < -0.3 is 20.7 Å². The number of anilines is 3. The molecule has 8 nitrogen and oxygen atoms in total. The summed E-state index contributed by atoms with van der Waals surface area (Å²) in [4.78, 5) is 15.2. The molecule has 202 valence electrons. The zero-order valence-electron chi connectivity index (χ0n) is 22.6. The van der Waals surface area contributed by atoms with Crippen LogP contribution in [-0.2, 0) is 22.3 Å². The van der Waals surface area contributed by atoms with Crippen molar-refractivity contribution in [1.29, 1.82) is 0 Å². The number of hydrazine groups is 1. The van der Waals surface area contributed by atoms with Gasteiger partial charge in [0.15, 0.2) is 0 Å². The standard InChI is InChI=1S/C29H37N5O3S/c1-18-10-11-21(27(20(3)29(35)36)23-12-13-25(33(5)31)28(30)19(23)2)16-22(18)17-34-15-14-32(4)24-8-6-7-9-26(24)38(34)37/h6-13,16,20,27H,14-15,17,30-31H2,1-5H3,(H,35,36). The van der Waals surface area contributed by atoms with Crippen LogP contribution in [-0.4, -0.2) is 46.8 Å². The van der Waals surface area contributed by atoms with Gasteiger partial charge in [0, 0.05) is 39.6 Å². The highest BCUT2D eigenvalue weighted by Crippen LogP contribution is 2.39. The van der Waals surface area contributed by atoms with Gasteiger partial charge in [0.25, 0.3) is 0 Å². The summed E-state index contributed by atoms with van der Waals surface area (Å²) in [6.45, 7) is 7.54. The Morgan fingerprint density at radius 3 is 2.53 bits per heavy atom. The van der Waals surface area contributed by atoms with Gasteiger partial charge in [0.2, 0.25) is 0 Å². The minimum absolute atomic E-state index is 0.423. The molecule has 3 atom stereocenters. The third-order valence-electron chi connectivity index (χ3n) is 7.60. The van der Waals surface area contributed by atoms with Gasteiger partial charge in [0.1, 0.15) is 11.0 Å². The first-order valence-electron chi connectivity index (χ1n) is 12.7. The van der Waals surface area contributed by atoms with Crippen LogP contribution in [0.3, 0.4) is 0 Å². The van der Waals surface area contributed by atoms with Gasteiger partial charge in [0.05, 0.1) is 27.9 Å². The molecule has 3 aromatic rings. The fraction of sp³-hybridized carbons (Fsp3) is 0.345. The molecule has 0 aliphatic carbocycles. The van der Waals surface area contributed by atoms with E-state index in [0.717, 1.165) is 44.9 Å². The van der Waals surface area contributed by atoms with Gasteiger partial charge in [-0.15, -0.1) is 0 Å². The second-order valence-corrected chi connectivity index (χ2v) is 11.6. The molecule has 0 aromatic heterocycles. The largest absolute Gasteiger partial charge is 0.481 e. The summed E-state index contributed by atoms with van der Waals surface area (Å²) in [6.07, 6.45) is 0.